The number of alkyl halides is 2. The van der Waals surface area contributed by atoms with Crippen LogP contribution in [0.5, 0.6) is 5.75 Å². The Bertz CT molecular complexity index is 802. The van der Waals surface area contributed by atoms with Crippen LogP contribution in [0.15, 0.2) is 42.5 Å². The first-order valence-electron chi connectivity index (χ1n) is 7.28. The Morgan fingerprint density at radius 3 is 2.54 bits per heavy atom. The number of hydrogen-bond acceptors (Lipinski definition) is 4. The molecule has 0 saturated carbocycles. The summed E-state index contributed by atoms with van der Waals surface area (Å²) < 4.78 is 33.7. The third kappa shape index (κ3) is 5.86. The number of ether oxygens (including phenoxy) is 2. The van der Waals surface area contributed by atoms with E-state index in [1.165, 1.54) is 30.3 Å². The van der Waals surface area contributed by atoms with Crippen molar-refractivity contribution in [2.75, 3.05) is 6.61 Å². The quantitative estimate of drug-likeness (QED) is 0.707. The van der Waals surface area contributed by atoms with E-state index in [1.54, 1.807) is 12.1 Å². The fourth-order valence-electron chi connectivity index (χ4n) is 1.95. The van der Waals surface area contributed by atoms with Crippen molar-refractivity contribution < 1.29 is 27.8 Å². The van der Waals surface area contributed by atoms with Crippen LogP contribution < -0.4 is 10.1 Å². The van der Waals surface area contributed by atoms with Crippen molar-refractivity contribution in [2.45, 2.75) is 13.2 Å². The molecule has 0 saturated heterocycles. The van der Waals surface area contributed by atoms with E-state index in [0.29, 0.717) is 15.6 Å². The number of rotatable bonds is 7. The molecule has 0 spiro atoms. The second kappa shape index (κ2) is 9.35. The molecule has 0 unspecified atom stereocenters. The Kier molecular flexibility index (Phi) is 7.17. The van der Waals surface area contributed by atoms with Gasteiger partial charge in [-0.25, -0.2) is 4.79 Å². The topological polar surface area (TPSA) is 64.6 Å². The average molecular weight is 404 g/mol. The molecule has 1 amide bonds. The third-order valence-corrected chi connectivity index (χ3v) is 3.74. The summed E-state index contributed by atoms with van der Waals surface area (Å²) in [6, 6.07) is 10.1. The normalized spacial score (nSPS) is 10.5. The minimum atomic E-state index is -3.09. The lowest BCUT2D eigenvalue weighted by Crippen LogP contribution is -2.28. The second-order valence-corrected chi connectivity index (χ2v) is 5.81. The Morgan fingerprint density at radius 1 is 1.12 bits per heavy atom. The Morgan fingerprint density at radius 2 is 1.85 bits per heavy atom. The summed E-state index contributed by atoms with van der Waals surface area (Å²) in [7, 11) is 0. The number of nitrogens with one attached hydrogen (secondary N) is 1. The van der Waals surface area contributed by atoms with Crippen LogP contribution in [0.4, 0.5) is 8.78 Å². The standard InChI is InChI=1S/C17H13Cl2F2NO4/c18-11-6-5-10(13(19)7-11)8-22-15(23)9-25-16(24)12-3-1-2-4-14(12)26-17(20)21/h1-7,17H,8-9H2,(H,22,23). The molecule has 0 aromatic heterocycles. The summed E-state index contributed by atoms with van der Waals surface area (Å²) in [5.41, 5.74) is 0.424. The van der Waals surface area contributed by atoms with Gasteiger partial charge in [-0.15, -0.1) is 0 Å². The second-order valence-electron chi connectivity index (χ2n) is 4.96. The van der Waals surface area contributed by atoms with Gasteiger partial charge in [-0.3, -0.25) is 4.79 Å². The first-order valence-corrected chi connectivity index (χ1v) is 8.04. The van der Waals surface area contributed by atoms with Crippen molar-refractivity contribution in [1.82, 2.24) is 5.32 Å². The molecule has 0 bridgehead atoms. The van der Waals surface area contributed by atoms with Crippen LogP contribution >= 0.6 is 23.2 Å². The molecule has 26 heavy (non-hydrogen) atoms. The van der Waals surface area contributed by atoms with E-state index in [0.717, 1.165) is 0 Å². The molecule has 0 radical (unpaired) electrons. The minimum Gasteiger partial charge on any atom is -0.452 e. The van der Waals surface area contributed by atoms with Gasteiger partial charge in [0.15, 0.2) is 6.61 Å². The van der Waals surface area contributed by atoms with Crippen LogP contribution in [0.1, 0.15) is 15.9 Å². The SMILES string of the molecule is O=C(COC(=O)c1ccccc1OC(F)F)NCc1ccc(Cl)cc1Cl. The molecule has 138 valence electrons. The van der Waals surface area contributed by atoms with Crippen LogP contribution in [0.25, 0.3) is 0 Å². The predicted octanol–water partition coefficient (Wildman–Crippen LogP) is 4.07. The highest BCUT2D eigenvalue weighted by molar-refractivity contribution is 6.35. The number of carbonyl (C=O) groups is 2. The molecule has 0 aliphatic heterocycles. The van der Waals surface area contributed by atoms with Gasteiger partial charge in [-0.05, 0) is 29.8 Å². The van der Waals surface area contributed by atoms with Crippen molar-refractivity contribution in [1.29, 1.82) is 0 Å². The number of hydrogen-bond donors (Lipinski definition) is 1. The smallest absolute Gasteiger partial charge is 0.387 e. The summed E-state index contributed by atoms with van der Waals surface area (Å²) in [4.78, 5) is 23.7. The van der Waals surface area contributed by atoms with Gasteiger partial charge >= 0.3 is 12.6 Å². The van der Waals surface area contributed by atoms with Gasteiger partial charge in [0.1, 0.15) is 11.3 Å². The summed E-state index contributed by atoms with van der Waals surface area (Å²) in [6.45, 7) is -3.57. The highest BCUT2D eigenvalue weighted by Crippen LogP contribution is 2.22. The van der Waals surface area contributed by atoms with Crippen molar-refractivity contribution in [2.24, 2.45) is 0 Å². The molecule has 2 aromatic carbocycles. The van der Waals surface area contributed by atoms with E-state index < -0.39 is 25.1 Å². The van der Waals surface area contributed by atoms with Gasteiger partial charge in [-0.1, -0.05) is 41.4 Å². The van der Waals surface area contributed by atoms with E-state index in [9.17, 15) is 18.4 Å². The first kappa shape index (κ1) is 19.9. The van der Waals surface area contributed by atoms with Gasteiger partial charge in [0.2, 0.25) is 0 Å². The number of para-hydroxylation sites is 1. The average Bonchev–Trinajstić information content (AvgIpc) is 2.59. The minimum absolute atomic E-state index is 0.109. The van der Waals surface area contributed by atoms with Crippen molar-refractivity contribution in [3.63, 3.8) is 0 Å². The zero-order valence-corrected chi connectivity index (χ0v) is 14.7. The van der Waals surface area contributed by atoms with Gasteiger partial charge in [0.05, 0.1) is 0 Å². The van der Waals surface area contributed by atoms with Crippen molar-refractivity contribution in [3.8, 4) is 5.75 Å². The molecule has 5 nitrogen and oxygen atoms in total. The molecule has 0 fully saturated rings. The van der Waals surface area contributed by atoms with Crippen LogP contribution in [-0.4, -0.2) is 25.1 Å². The molecule has 1 N–H and O–H groups in total. The molecule has 9 heteroatoms. The van der Waals surface area contributed by atoms with Crippen LogP contribution in [0.3, 0.4) is 0 Å². The molecular formula is C17H13Cl2F2NO4. The fourth-order valence-corrected chi connectivity index (χ4v) is 2.43. The van der Waals surface area contributed by atoms with E-state index in [4.69, 9.17) is 27.9 Å². The van der Waals surface area contributed by atoms with E-state index in [2.05, 4.69) is 10.1 Å². The number of esters is 1. The molecule has 2 rings (SSSR count). The Labute approximate surface area is 157 Å². The van der Waals surface area contributed by atoms with Gasteiger partial charge in [0, 0.05) is 16.6 Å². The molecule has 2 aromatic rings. The summed E-state index contributed by atoms with van der Waals surface area (Å²) in [6.07, 6.45) is 0. The maximum Gasteiger partial charge on any atom is 0.387 e. The molecular weight excluding hydrogens is 391 g/mol. The zero-order valence-electron chi connectivity index (χ0n) is 13.2. The van der Waals surface area contributed by atoms with Crippen molar-refractivity contribution in [3.05, 3.63) is 63.6 Å². The van der Waals surface area contributed by atoms with Gasteiger partial charge < -0.3 is 14.8 Å². The van der Waals surface area contributed by atoms with Gasteiger partial charge in [0.25, 0.3) is 5.91 Å². The van der Waals surface area contributed by atoms with E-state index >= 15 is 0 Å². The van der Waals surface area contributed by atoms with Gasteiger partial charge in [-0.2, -0.15) is 8.78 Å². The summed E-state index contributed by atoms with van der Waals surface area (Å²) in [5.74, 6) is -1.88. The van der Waals surface area contributed by atoms with E-state index in [1.807, 2.05) is 0 Å². The molecule has 0 atom stereocenters. The Hall–Kier alpha value is -2.38. The molecule has 0 heterocycles. The Balaban J connectivity index is 1.88. The largest absolute Gasteiger partial charge is 0.452 e. The highest BCUT2D eigenvalue weighted by Gasteiger charge is 2.17. The monoisotopic (exact) mass is 403 g/mol. The summed E-state index contributed by atoms with van der Waals surface area (Å²) in [5, 5.41) is 3.36. The first-order chi connectivity index (χ1) is 12.4. The maximum atomic E-state index is 12.3. The maximum absolute atomic E-state index is 12.3. The van der Waals surface area contributed by atoms with E-state index in [-0.39, 0.29) is 17.9 Å². The molecule has 0 aliphatic carbocycles. The lowest BCUT2D eigenvalue weighted by Gasteiger charge is -2.11. The predicted molar refractivity (Wildman–Crippen MR) is 91.7 cm³/mol. The zero-order chi connectivity index (χ0) is 19.1. The third-order valence-electron chi connectivity index (χ3n) is 3.15. The summed E-state index contributed by atoms with van der Waals surface area (Å²) >= 11 is 11.8. The number of carbonyl (C=O) groups excluding carboxylic acids is 2. The van der Waals surface area contributed by atoms with Crippen LogP contribution in [-0.2, 0) is 16.1 Å². The number of amides is 1. The lowest BCUT2D eigenvalue weighted by molar-refractivity contribution is -0.124. The van der Waals surface area contributed by atoms with Crippen molar-refractivity contribution >= 4 is 35.1 Å². The van der Waals surface area contributed by atoms with Crippen LogP contribution in [0, 0.1) is 0 Å². The lowest BCUT2D eigenvalue weighted by atomic mass is 10.2. The molecule has 0 aliphatic rings. The fraction of sp³-hybridized carbons (Fsp3) is 0.176. The van der Waals surface area contributed by atoms with Crippen LogP contribution in [0.2, 0.25) is 10.0 Å². The number of benzene rings is 2. The highest BCUT2D eigenvalue weighted by atomic mass is 35.5. The number of halogens is 4.